The number of unbranched alkanes of at least 4 members (excludes halogenated alkanes) is 76. The summed E-state index contributed by atoms with van der Waals surface area (Å²) in [6.07, 6.45) is 106. The number of quaternary nitrogens is 1. The molecule has 0 aliphatic heterocycles. The quantitative estimate of drug-likeness (QED) is 0.0278. The van der Waals surface area contributed by atoms with E-state index in [0.29, 0.717) is 17.4 Å². The second-order valence-corrected chi connectivity index (χ2v) is 34.1. The largest absolute Gasteiger partial charge is 0.477 e. The first-order chi connectivity index (χ1) is 50.6. The third-order valence-electron chi connectivity index (χ3n) is 22.4. The van der Waals surface area contributed by atoms with Crippen LogP contribution in [0.25, 0.3) is 0 Å². The van der Waals surface area contributed by atoms with E-state index in [9.17, 15) is 19.5 Å². The minimum atomic E-state index is -1.51. The number of carboxylic acids is 1. The Morgan fingerprint density at radius 2 is 0.437 bits per heavy atom. The zero-order chi connectivity index (χ0) is 74.6. The molecule has 0 aromatic carbocycles. The molecule has 0 aromatic heterocycles. The van der Waals surface area contributed by atoms with Gasteiger partial charge in [0, 0.05) is 12.8 Å². The zero-order valence-corrected chi connectivity index (χ0v) is 70.8. The molecular weight excluding hydrogens is 1270 g/mol. The minimum Gasteiger partial charge on any atom is -0.477 e. The number of likely N-dealkylation sites (N-methyl/N-ethyl adjacent to an activating group) is 1. The van der Waals surface area contributed by atoms with Gasteiger partial charge < -0.3 is 28.5 Å². The molecule has 0 heterocycles. The highest BCUT2D eigenvalue weighted by Gasteiger charge is 2.25. The van der Waals surface area contributed by atoms with Crippen molar-refractivity contribution < 1.29 is 42.9 Å². The van der Waals surface area contributed by atoms with E-state index in [1.165, 1.54) is 462 Å². The fourth-order valence-electron chi connectivity index (χ4n) is 15.2. The summed E-state index contributed by atoms with van der Waals surface area (Å²) in [6.45, 7) is 5.00. The molecule has 1 N–H and O–H groups in total. The van der Waals surface area contributed by atoms with Crippen molar-refractivity contribution in [3.05, 3.63) is 0 Å². The van der Waals surface area contributed by atoms with Crippen molar-refractivity contribution in [1.82, 2.24) is 0 Å². The Morgan fingerprint density at radius 1 is 0.252 bits per heavy atom. The van der Waals surface area contributed by atoms with Crippen molar-refractivity contribution in [1.29, 1.82) is 0 Å². The topological polar surface area (TPSA) is 108 Å². The van der Waals surface area contributed by atoms with Crippen molar-refractivity contribution in [2.45, 2.75) is 540 Å². The van der Waals surface area contributed by atoms with Crippen LogP contribution in [0.2, 0.25) is 0 Å². The molecule has 0 saturated carbocycles. The second kappa shape index (κ2) is 85.9. The second-order valence-electron chi connectivity index (χ2n) is 34.1. The van der Waals surface area contributed by atoms with Crippen molar-refractivity contribution in [3.8, 4) is 0 Å². The van der Waals surface area contributed by atoms with Crippen molar-refractivity contribution >= 4 is 17.9 Å². The number of ether oxygens (including phenoxy) is 4. The van der Waals surface area contributed by atoms with Crippen LogP contribution in [0.5, 0.6) is 0 Å². The van der Waals surface area contributed by atoms with Gasteiger partial charge in [0.25, 0.3) is 6.29 Å². The molecule has 0 aliphatic rings. The lowest BCUT2D eigenvalue weighted by molar-refractivity contribution is -0.870. The monoisotopic (exact) mass is 1460 g/mol. The standard InChI is InChI=1S/C94H185NO8/c1-6-8-10-12-14-16-18-20-22-24-26-28-30-32-34-36-38-40-42-44-45-46-47-49-51-53-55-57-59-61-63-65-67-69-71-73-75-77-79-81-83-85-92(97)103-90(89-102-94(93(98)99)100-87-86-95(3,4)5)88-101-91(96)84-82-80-78-76-74-72-70-68-66-64-62-60-58-56-54-52-50-48-43-41-39-37-35-33-31-29-27-25-23-21-19-17-15-13-11-9-7-2/h90,94H,6-89H2,1-5H3/p+1. The van der Waals surface area contributed by atoms with Gasteiger partial charge in [-0.2, -0.15) is 0 Å². The Bertz CT molecular complexity index is 1650. The predicted molar refractivity (Wildman–Crippen MR) is 448 cm³/mol. The van der Waals surface area contributed by atoms with Gasteiger partial charge in [-0.15, -0.1) is 0 Å². The summed E-state index contributed by atoms with van der Waals surface area (Å²) in [5.74, 6) is -1.96. The van der Waals surface area contributed by atoms with E-state index < -0.39 is 18.4 Å². The van der Waals surface area contributed by atoms with Crippen LogP contribution in [0.4, 0.5) is 0 Å². The fraction of sp³-hybridized carbons (Fsp3) is 0.968. The molecule has 9 heteroatoms. The number of aliphatic carboxylic acids is 1. The molecular formula is C94H186NO8+. The molecule has 2 atom stereocenters. The Morgan fingerprint density at radius 3 is 0.621 bits per heavy atom. The molecule has 0 rings (SSSR count). The molecule has 103 heavy (non-hydrogen) atoms. The van der Waals surface area contributed by atoms with Gasteiger partial charge in [-0.25, -0.2) is 4.79 Å². The minimum absolute atomic E-state index is 0.171. The molecule has 0 fully saturated rings. The van der Waals surface area contributed by atoms with Crippen LogP contribution < -0.4 is 0 Å². The molecule has 9 nitrogen and oxygen atoms in total. The van der Waals surface area contributed by atoms with Gasteiger partial charge in [-0.05, 0) is 12.8 Å². The molecule has 2 unspecified atom stereocenters. The number of hydrogen-bond acceptors (Lipinski definition) is 7. The number of rotatable bonds is 91. The van der Waals surface area contributed by atoms with Crippen molar-refractivity contribution in [2.24, 2.45) is 0 Å². The van der Waals surface area contributed by atoms with Gasteiger partial charge in [-0.3, -0.25) is 9.59 Å². The SMILES string of the molecule is CCCCCCCCCCCCCCCCCCCCCCCCCCCCCCCCCCCCCCCCCCCC(=O)OC(COC(=O)CCCCCCCCCCCCCCCCCCCCCCCCCCCCCCCCCCCCCCC)COC(OCC[N+](C)(C)C)C(=O)O. The van der Waals surface area contributed by atoms with Gasteiger partial charge in [0.2, 0.25) is 0 Å². The van der Waals surface area contributed by atoms with Gasteiger partial charge in [0.05, 0.1) is 34.4 Å². The smallest absolute Gasteiger partial charge is 0.361 e. The number of nitrogens with zero attached hydrogens (tertiary/aromatic N) is 1. The average molecular weight is 1460 g/mol. The first-order valence-electron chi connectivity index (χ1n) is 47.2. The lowest BCUT2D eigenvalue weighted by atomic mass is 10.0. The third-order valence-corrected chi connectivity index (χ3v) is 22.4. The first-order valence-corrected chi connectivity index (χ1v) is 47.2. The van der Waals surface area contributed by atoms with E-state index in [1.807, 2.05) is 21.1 Å². The van der Waals surface area contributed by atoms with Crippen LogP contribution in [0, 0.1) is 0 Å². The zero-order valence-electron chi connectivity index (χ0n) is 70.8. The van der Waals surface area contributed by atoms with Crippen LogP contribution in [-0.4, -0.2) is 87.4 Å². The lowest BCUT2D eigenvalue weighted by Crippen LogP contribution is -2.40. The summed E-state index contributed by atoms with van der Waals surface area (Å²) in [6, 6.07) is 0. The highest BCUT2D eigenvalue weighted by molar-refractivity contribution is 5.71. The molecule has 0 saturated heterocycles. The van der Waals surface area contributed by atoms with Gasteiger partial charge in [0.15, 0.2) is 6.10 Å². The summed E-state index contributed by atoms with van der Waals surface area (Å²) in [7, 11) is 6.01. The number of hydrogen-bond donors (Lipinski definition) is 1. The highest BCUT2D eigenvalue weighted by Crippen LogP contribution is 2.22. The lowest BCUT2D eigenvalue weighted by Gasteiger charge is -2.25. The van der Waals surface area contributed by atoms with Crippen molar-refractivity contribution in [2.75, 3.05) is 47.5 Å². The van der Waals surface area contributed by atoms with Crippen LogP contribution in [0.15, 0.2) is 0 Å². The summed E-state index contributed by atoms with van der Waals surface area (Å²) in [4.78, 5) is 37.8. The van der Waals surface area contributed by atoms with E-state index in [1.54, 1.807) is 0 Å². The van der Waals surface area contributed by atoms with Gasteiger partial charge in [-0.1, -0.05) is 502 Å². The van der Waals surface area contributed by atoms with Crippen LogP contribution in [-0.2, 0) is 33.3 Å². The molecule has 0 radical (unpaired) electrons. The summed E-state index contributed by atoms with van der Waals surface area (Å²) in [5, 5.41) is 9.80. The highest BCUT2D eigenvalue weighted by atomic mass is 16.7. The Balaban J connectivity index is 3.84. The molecule has 0 aliphatic carbocycles. The van der Waals surface area contributed by atoms with Crippen molar-refractivity contribution in [3.63, 3.8) is 0 Å². The fourth-order valence-corrected chi connectivity index (χ4v) is 15.2. The Kier molecular flexibility index (Phi) is 84.5. The maximum atomic E-state index is 13.0. The molecule has 0 spiro atoms. The first kappa shape index (κ1) is 101. The number of carboxylic acid groups (broad SMARTS) is 1. The molecule has 614 valence electrons. The van der Waals surface area contributed by atoms with E-state index in [2.05, 4.69) is 13.8 Å². The summed E-state index contributed by atoms with van der Waals surface area (Å²) < 4.78 is 23.1. The Hall–Kier alpha value is -1.71. The Labute approximate surface area is 644 Å². The van der Waals surface area contributed by atoms with E-state index >= 15 is 0 Å². The van der Waals surface area contributed by atoms with Crippen LogP contribution >= 0.6 is 0 Å². The maximum Gasteiger partial charge on any atom is 0.361 e. The van der Waals surface area contributed by atoms with Gasteiger partial charge >= 0.3 is 17.9 Å². The van der Waals surface area contributed by atoms with E-state index in [0.717, 1.165) is 38.5 Å². The molecule has 0 aromatic rings. The van der Waals surface area contributed by atoms with E-state index in [4.69, 9.17) is 18.9 Å². The summed E-state index contributed by atoms with van der Waals surface area (Å²) >= 11 is 0. The number of carbonyl (C=O) groups excluding carboxylic acids is 2. The molecule has 0 amide bonds. The van der Waals surface area contributed by atoms with Gasteiger partial charge in [0.1, 0.15) is 13.2 Å². The normalized spacial score (nSPS) is 12.4. The summed E-state index contributed by atoms with van der Waals surface area (Å²) in [5.41, 5.74) is 0. The molecule has 0 bridgehead atoms. The third kappa shape index (κ3) is 87.4. The van der Waals surface area contributed by atoms with Crippen LogP contribution in [0.1, 0.15) is 528 Å². The van der Waals surface area contributed by atoms with Crippen LogP contribution in [0.3, 0.4) is 0 Å². The van der Waals surface area contributed by atoms with E-state index in [-0.39, 0.29) is 38.2 Å². The predicted octanol–water partition coefficient (Wildman–Crippen LogP) is 30.8. The number of esters is 2. The number of carbonyl (C=O) groups is 3. The maximum absolute atomic E-state index is 13.0. The average Bonchev–Trinajstić information content (AvgIpc) is 1.01.